The smallest absolute Gasteiger partial charge is 0.339 e. The molecule has 5 nitrogen and oxygen atoms in total. The molecular formula is C13H19N3O2. The SMILES string of the molecule is CC1(C)CCC(NCc2ncncc2C(=O)O)C1. The number of rotatable bonds is 4. The Hall–Kier alpha value is -1.49. The molecule has 0 saturated heterocycles. The molecule has 1 fully saturated rings. The number of nitrogens with zero attached hydrogens (tertiary/aromatic N) is 2. The van der Waals surface area contributed by atoms with E-state index in [1.165, 1.54) is 18.9 Å². The van der Waals surface area contributed by atoms with Crippen molar-refractivity contribution < 1.29 is 9.90 Å². The summed E-state index contributed by atoms with van der Waals surface area (Å²) in [4.78, 5) is 18.8. The maximum Gasteiger partial charge on any atom is 0.339 e. The number of nitrogens with one attached hydrogen (secondary N) is 1. The summed E-state index contributed by atoms with van der Waals surface area (Å²) in [6, 6.07) is 0.455. The summed E-state index contributed by atoms with van der Waals surface area (Å²) >= 11 is 0. The molecule has 1 unspecified atom stereocenters. The predicted octanol–water partition coefficient (Wildman–Crippen LogP) is 1.84. The second-order valence-corrected chi connectivity index (χ2v) is 5.67. The van der Waals surface area contributed by atoms with Crippen LogP contribution in [0.2, 0.25) is 0 Å². The van der Waals surface area contributed by atoms with Crippen LogP contribution in [0, 0.1) is 5.41 Å². The lowest BCUT2D eigenvalue weighted by atomic mass is 9.92. The van der Waals surface area contributed by atoms with E-state index in [1.807, 2.05) is 0 Å². The van der Waals surface area contributed by atoms with Crippen molar-refractivity contribution in [2.24, 2.45) is 5.41 Å². The minimum atomic E-state index is -0.973. The number of hydrogen-bond acceptors (Lipinski definition) is 4. The Bertz CT molecular complexity index is 446. The van der Waals surface area contributed by atoms with Crippen LogP contribution in [0.3, 0.4) is 0 Å². The van der Waals surface area contributed by atoms with Gasteiger partial charge in [0.15, 0.2) is 0 Å². The Morgan fingerprint density at radius 2 is 2.39 bits per heavy atom. The van der Waals surface area contributed by atoms with Crippen molar-refractivity contribution in [1.29, 1.82) is 0 Å². The van der Waals surface area contributed by atoms with Crippen LogP contribution < -0.4 is 5.32 Å². The highest BCUT2D eigenvalue weighted by Gasteiger charge is 2.30. The topological polar surface area (TPSA) is 75.1 Å². The largest absolute Gasteiger partial charge is 0.478 e. The fourth-order valence-corrected chi connectivity index (χ4v) is 2.53. The third-order valence-electron chi connectivity index (χ3n) is 3.55. The van der Waals surface area contributed by atoms with Crippen molar-refractivity contribution in [2.45, 2.75) is 45.7 Å². The van der Waals surface area contributed by atoms with E-state index in [0.717, 1.165) is 12.8 Å². The lowest BCUT2D eigenvalue weighted by Crippen LogP contribution is -2.28. The number of hydrogen-bond donors (Lipinski definition) is 2. The average Bonchev–Trinajstić information content (AvgIpc) is 2.66. The minimum absolute atomic E-state index is 0.183. The zero-order chi connectivity index (χ0) is 13.2. The summed E-state index contributed by atoms with van der Waals surface area (Å²) in [6.45, 7) is 5.02. The Balaban J connectivity index is 1.97. The molecule has 1 aliphatic carbocycles. The van der Waals surface area contributed by atoms with Crippen molar-refractivity contribution in [3.8, 4) is 0 Å². The standard InChI is InChI=1S/C13H19N3O2/c1-13(2)4-3-9(5-13)15-7-11-10(12(17)18)6-14-8-16-11/h6,8-9,15H,3-5,7H2,1-2H3,(H,17,18). The first-order chi connectivity index (χ1) is 8.48. The monoisotopic (exact) mass is 249 g/mol. The van der Waals surface area contributed by atoms with Crippen molar-refractivity contribution >= 4 is 5.97 Å². The summed E-state index contributed by atoms with van der Waals surface area (Å²) in [7, 11) is 0. The highest BCUT2D eigenvalue weighted by molar-refractivity contribution is 5.88. The van der Waals surface area contributed by atoms with Gasteiger partial charge < -0.3 is 10.4 Å². The molecule has 0 aliphatic heterocycles. The number of carbonyl (C=O) groups is 1. The molecule has 2 N–H and O–H groups in total. The van der Waals surface area contributed by atoms with Crippen LogP contribution >= 0.6 is 0 Å². The molecule has 1 aliphatic rings. The molecule has 0 bridgehead atoms. The Labute approximate surface area is 107 Å². The second kappa shape index (κ2) is 5.02. The summed E-state index contributed by atoms with van der Waals surface area (Å²) < 4.78 is 0. The van der Waals surface area contributed by atoms with Crippen LogP contribution in [0.5, 0.6) is 0 Å². The van der Waals surface area contributed by atoms with Gasteiger partial charge in [-0.3, -0.25) is 0 Å². The number of carboxylic acid groups (broad SMARTS) is 1. The maximum atomic E-state index is 11.0. The fourth-order valence-electron chi connectivity index (χ4n) is 2.53. The van der Waals surface area contributed by atoms with Gasteiger partial charge in [-0.2, -0.15) is 0 Å². The molecule has 1 saturated carbocycles. The van der Waals surface area contributed by atoms with E-state index in [9.17, 15) is 4.79 Å². The van der Waals surface area contributed by atoms with E-state index in [-0.39, 0.29) is 5.56 Å². The van der Waals surface area contributed by atoms with Crippen molar-refractivity contribution in [1.82, 2.24) is 15.3 Å². The molecule has 0 amide bonds. The molecule has 1 heterocycles. The molecule has 0 radical (unpaired) electrons. The molecular weight excluding hydrogens is 230 g/mol. The van der Waals surface area contributed by atoms with Crippen LogP contribution in [0.1, 0.15) is 49.2 Å². The van der Waals surface area contributed by atoms with E-state index in [4.69, 9.17) is 5.11 Å². The van der Waals surface area contributed by atoms with Gasteiger partial charge in [0.1, 0.15) is 11.9 Å². The summed E-state index contributed by atoms with van der Waals surface area (Å²) in [5, 5.41) is 12.4. The first kappa shape index (κ1) is 13.0. The zero-order valence-electron chi connectivity index (χ0n) is 10.8. The van der Waals surface area contributed by atoms with E-state index in [2.05, 4.69) is 29.1 Å². The van der Waals surface area contributed by atoms with Gasteiger partial charge in [0, 0.05) is 18.8 Å². The lowest BCUT2D eigenvalue weighted by Gasteiger charge is -2.18. The summed E-state index contributed by atoms with van der Waals surface area (Å²) in [6.07, 6.45) is 6.22. The van der Waals surface area contributed by atoms with E-state index >= 15 is 0 Å². The van der Waals surface area contributed by atoms with Gasteiger partial charge in [-0.25, -0.2) is 14.8 Å². The molecule has 1 aromatic rings. The van der Waals surface area contributed by atoms with Gasteiger partial charge in [-0.05, 0) is 24.7 Å². The van der Waals surface area contributed by atoms with E-state index in [0.29, 0.717) is 23.7 Å². The van der Waals surface area contributed by atoms with Gasteiger partial charge in [0.05, 0.1) is 5.69 Å². The molecule has 0 spiro atoms. The average molecular weight is 249 g/mol. The van der Waals surface area contributed by atoms with Gasteiger partial charge in [-0.1, -0.05) is 13.8 Å². The highest BCUT2D eigenvalue weighted by atomic mass is 16.4. The highest BCUT2D eigenvalue weighted by Crippen LogP contribution is 2.36. The number of carboxylic acids is 1. The molecule has 98 valence electrons. The summed E-state index contributed by atoms with van der Waals surface area (Å²) in [5.41, 5.74) is 1.13. The zero-order valence-corrected chi connectivity index (χ0v) is 10.8. The fraction of sp³-hybridized carbons (Fsp3) is 0.615. The Kier molecular flexibility index (Phi) is 3.61. The Morgan fingerprint density at radius 1 is 1.61 bits per heavy atom. The molecule has 1 atom stereocenters. The van der Waals surface area contributed by atoms with Gasteiger partial charge in [0.25, 0.3) is 0 Å². The van der Waals surface area contributed by atoms with Crippen molar-refractivity contribution in [3.63, 3.8) is 0 Å². The van der Waals surface area contributed by atoms with Crippen LogP contribution in [0.15, 0.2) is 12.5 Å². The molecule has 2 rings (SSSR count). The lowest BCUT2D eigenvalue weighted by molar-refractivity contribution is 0.0694. The molecule has 5 heteroatoms. The maximum absolute atomic E-state index is 11.0. The quantitative estimate of drug-likeness (QED) is 0.851. The second-order valence-electron chi connectivity index (χ2n) is 5.67. The van der Waals surface area contributed by atoms with Crippen molar-refractivity contribution in [3.05, 3.63) is 23.8 Å². The van der Waals surface area contributed by atoms with Crippen LogP contribution in [0.4, 0.5) is 0 Å². The van der Waals surface area contributed by atoms with Crippen LogP contribution in [-0.2, 0) is 6.54 Å². The first-order valence-corrected chi connectivity index (χ1v) is 6.23. The van der Waals surface area contributed by atoms with Gasteiger partial charge >= 0.3 is 5.97 Å². The number of aromatic nitrogens is 2. The predicted molar refractivity (Wildman–Crippen MR) is 67.3 cm³/mol. The first-order valence-electron chi connectivity index (χ1n) is 6.23. The summed E-state index contributed by atoms with van der Waals surface area (Å²) in [5.74, 6) is -0.973. The molecule has 0 aromatic carbocycles. The van der Waals surface area contributed by atoms with Gasteiger partial charge in [-0.15, -0.1) is 0 Å². The number of aromatic carboxylic acids is 1. The minimum Gasteiger partial charge on any atom is -0.478 e. The molecule has 18 heavy (non-hydrogen) atoms. The van der Waals surface area contributed by atoms with Crippen LogP contribution in [0.25, 0.3) is 0 Å². The Morgan fingerprint density at radius 3 is 3.00 bits per heavy atom. The van der Waals surface area contributed by atoms with Gasteiger partial charge in [0.2, 0.25) is 0 Å². The third-order valence-corrected chi connectivity index (χ3v) is 3.55. The van der Waals surface area contributed by atoms with Crippen molar-refractivity contribution in [2.75, 3.05) is 0 Å². The van der Waals surface area contributed by atoms with E-state index in [1.54, 1.807) is 0 Å². The third kappa shape index (κ3) is 3.04. The normalized spacial score (nSPS) is 22.0. The van der Waals surface area contributed by atoms with E-state index < -0.39 is 5.97 Å². The molecule has 1 aromatic heterocycles. The van der Waals surface area contributed by atoms with Crippen LogP contribution in [-0.4, -0.2) is 27.1 Å².